The molecule has 0 bridgehead atoms. The largest absolute Gasteiger partial charge is 0.454 e. The van der Waals surface area contributed by atoms with Gasteiger partial charge in [-0.05, 0) is 44.1 Å². The lowest BCUT2D eigenvalue weighted by Gasteiger charge is -2.38. The second-order valence-corrected chi connectivity index (χ2v) is 7.39. The minimum absolute atomic E-state index is 0.194. The molecule has 0 N–H and O–H groups in total. The fourth-order valence-electron chi connectivity index (χ4n) is 4.05. The van der Waals surface area contributed by atoms with Gasteiger partial charge in [0.2, 0.25) is 12.7 Å². The van der Waals surface area contributed by atoms with Crippen molar-refractivity contribution >= 4 is 5.91 Å². The molecule has 1 unspecified atom stereocenters. The second-order valence-electron chi connectivity index (χ2n) is 7.39. The van der Waals surface area contributed by atoms with Gasteiger partial charge in [-0.1, -0.05) is 6.07 Å². The lowest BCUT2D eigenvalue weighted by Crippen LogP contribution is -2.51. The van der Waals surface area contributed by atoms with Crippen LogP contribution in [0.15, 0.2) is 18.2 Å². The van der Waals surface area contributed by atoms with E-state index in [1.807, 2.05) is 6.07 Å². The molecule has 0 spiro atoms. The fourth-order valence-corrected chi connectivity index (χ4v) is 4.05. The van der Waals surface area contributed by atoms with Crippen LogP contribution in [0.3, 0.4) is 0 Å². The minimum atomic E-state index is 0.194. The van der Waals surface area contributed by atoms with Crippen molar-refractivity contribution in [1.29, 1.82) is 0 Å². The molecular weight excluding hydrogens is 318 g/mol. The van der Waals surface area contributed by atoms with Crippen LogP contribution in [0, 0.1) is 5.92 Å². The van der Waals surface area contributed by atoms with Crippen molar-refractivity contribution in [3.05, 3.63) is 23.8 Å². The number of amides is 1. The standard InChI is InChI=1S/C19H27N3O3/c1-20-6-2-3-16(13-20)19(23)22-9-7-21(8-10-22)12-15-4-5-17-18(11-15)25-14-24-17/h4-5,11,16H,2-3,6-10,12-14H2,1H3. The highest BCUT2D eigenvalue weighted by molar-refractivity contribution is 5.79. The van der Waals surface area contributed by atoms with E-state index in [1.165, 1.54) is 5.56 Å². The Morgan fingerprint density at radius 3 is 2.72 bits per heavy atom. The molecule has 3 heterocycles. The molecule has 136 valence electrons. The molecule has 1 aromatic carbocycles. The van der Waals surface area contributed by atoms with Crippen molar-refractivity contribution < 1.29 is 14.3 Å². The van der Waals surface area contributed by atoms with Gasteiger partial charge in [0.05, 0.1) is 5.92 Å². The van der Waals surface area contributed by atoms with Gasteiger partial charge in [0.15, 0.2) is 11.5 Å². The minimum Gasteiger partial charge on any atom is -0.454 e. The van der Waals surface area contributed by atoms with Crippen LogP contribution >= 0.6 is 0 Å². The van der Waals surface area contributed by atoms with Crippen molar-refractivity contribution in [3.8, 4) is 11.5 Å². The molecule has 6 nitrogen and oxygen atoms in total. The van der Waals surface area contributed by atoms with Crippen molar-refractivity contribution in [1.82, 2.24) is 14.7 Å². The predicted octanol–water partition coefficient (Wildman–Crippen LogP) is 1.40. The normalized spacial score (nSPS) is 24.5. The van der Waals surface area contributed by atoms with Crippen LogP contribution in [0.4, 0.5) is 0 Å². The molecule has 2 fully saturated rings. The van der Waals surface area contributed by atoms with Gasteiger partial charge >= 0.3 is 0 Å². The van der Waals surface area contributed by atoms with Crippen molar-refractivity contribution in [2.24, 2.45) is 5.92 Å². The van der Waals surface area contributed by atoms with Crippen LogP contribution < -0.4 is 9.47 Å². The SMILES string of the molecule is CN1CCCC(C(=O)N2CCN(Cc3ccc4c(c3)OCO4)CC2)C1. The number of fused-ring (bicyclic) bond motifs is 1. The van der Waals surface area contributed by atoms with E-state index in [1.54, 1.807) is 0 Å². The summed E-state index contributed by atoms with van der Waals surface area (Å²) in [4.78, 5) is 19.5. The molecule has 6 heteroatoms. The Morgan fingerprint density at radius 2 is 1.92 bits per heavy atom. The van der Waals surface area contributed by atoms with E-state index in [4.69, 9.17) is 9.47 Å². The number of hydrogen-bond acceptors (Lipinski definition) is 5. The van der Waals surface area contributed by atoms with Gasteiger partial charge in [0.25, 0.3) is 0 Å². The van der Waals surface area contributed by atoms with E-state index < -0.39 is 0 Å². The van der Waals surface area contributed by atoms with Crippen LogP contribution in [0.5, 0.6) is 11.5 Å². The first-order valence-electron chi connectivity index (χ1n) is 9.27. The van der Waals surface area contributed by atoms with E-state index >= 15 is 0 Å². The number of rotatable bonds is 3. The van der Waals surface area contributed by atoms with Gasteiger partial charge in [-0.2, -0.15) is 0 Å². The highest BCUT2D eigenvalue weighted by Gasteiger charge is 2.30. The first kappa shape index (κ1) is 16.7. The van der Waals surface area contributed by atoms with Gasteiger partial charge in [-0.15, -0.1) is 0 Å². The van der Waals surface area contributed by atoms with E-state index in [0.717, 1.165) is 70.2 Å². The molecule has 2 saturated heterocycles. The molecule has 25 heavy (non-hydrogen) atoms. The van der Waals surface area contributed by atoms with Crippen molar-refractivity contribution in [3.63, 3.8) is 0 Å². The quantitative estimate of drug-likeness (QED) is 0.829. The zero-order valence-electron chi connectivity index (χ0n) is 14.9. The Labute approximate surface area is 149 Å². The summed E-state index contributed by atoms with van der Waals surface area (Å²) in [6.07, 6.45) is 2.18. The smallest absolute Gasteiger partial charge is 0.231 e. The highest BCUT2D eigenvalue weighted by atomic mass is 16.7. The number of piperazine rings is 1. The zero-order valence-corrected chi connectivity index (χ0v) is 14.9. The number of ether oxygens (including phenoxy) is 2. The van der Waals surface area contributed by atoms with Gasteiger partial charge in [0.1, 0.15) is 0 Å². The Bertz CT molecular complexity index is 628. The molecule has 1 aromatic rings. The average Bonchev–Trinajstić information content (AvgIpc) is 3.09. The van der Waals surface area contributed by atoms with E-state index in [-0.39, 0.29) is 5.92 Å². The summed E-state index contributed by atoms with van der Waals surface area (Å²) in [6, 6.07) is 6.15. The number of hydrogen-bond donors (Lipinski definition) is 0. The van der Waals surface area contributed by atoms with Crippen LogP contribution in [-0.4, -0.2) is 73.7 Å². The first-order chi connectivity index (χ1) is 12.2. The molecule has 1 atom stereocenters. The number of piperidine rings is 1. The summed E-state index contributed by atoms with van der Waals surface area (Å²) in [6.45, 7) is 6.78. The summed E-state index contributed by atoms with van der Waals surface area (Å²) in [5.74, 6) is 2.22. The molecule has 1 amide bonds. The number of carbonyl (C=O) groups is 1. The summed E-state index contributed by atoms with van der Waals surface area (Å²) in [7, 11) is 2.11. The van der Waals surface area contributed by atoms with Crippen LogP contribution in [-0.2, 0) is 11.3 Å². The Kier molecular flexibility index (Phi) is 4.81. The van der Waals surface area contributed by atoms with E-state index in [2.05, 4.69) is 33.9 Å². The van der Waals surface area contributed by atoms with Crippen LogP contribution in [0.1, 0.15) is 18.4 Å². The molecular formula is C19H27N3O3. The third-order valence-corrected chi connectivity index (χ3v) is 5.50. The first-order valence-corrected chi connectivity index (χ1v) is 9.27. The van der Waals surface area contributed by atoms with E-state index in [9.17, 15) is 4.79 Å². The third-order valence-electron chi connectivity index (χ3n) is 5.50. The Balaban J connectivity index is 1.29. The van der Waals surface area contributed by atoms with E-state index in [0.29, 0.717) is 12.7 Å². The monoisotopic (exact) mass is 345 g/mol. The average molecular weight is 345 g/mol. The fraction of sp³-hybridized carbons (Fsp3) is 0.632. The van der Waals surface area contributed by atoms with Gasteiger partial charge in [-0.3, -0.25) is 9.69 Å². The van der Waals surface area contributed by atoms with Gasteiger partial charge < -0.3 is 19.3 Å². The Hall–Kier alpha value is -1.79. The van der Waals surface area contributed by atoms with Gasteiger partial charge in [0, 0.05) is 39.3 Å². The predicted molar refractivity (Wildman–Crippen MR) is 94.6 cm³/mol. The van der Waals surface area contributed by atoms with Crippen LogP contribution in [0.2, 0.25) is 0 Å². The van der Waals surface area contributed by atoms with Crippen molar-refractivity contribution in [2.75, 3.05) is 53.1 Å². The molecule has 0 radical (unpaired) electrons. The topological polar surface area (TPSA) is 45.3 Å². The molecule has 4 rings (SSSR count). The van der Waals surface area contributed by atoms with Crippen LogP contribution in [0.25, 0.3) is 0 Å². The molecule has 0 saturated carbocycles. The third kappa shape index (κ3) is 3.75. The number of likely N-dealkylation sites (tertiary alicyclic amines) is 1. The number of carbonyl (C=O) groups excluding carboxylic acids is 1. The maximum atomic E-state index is 12.7. The maximum Gasteiger partial charge on any atom is 0.231 e. The lowest BCUT2D eigenvalue weighted by molar-refractivity contribution is -0.139. The highest BCUT2D eigenvalue weighted by Crippen LogP contribution is 2.32. The maximum absolute atomic E-state index is 12.7. The second kappa shape index (κ2) is 7.22. The molecule has 3 aliphatic rings. The lowest BCUT2D eigenvalue weighted by atomic mass is 9.96. The molecule has 0 aliphatic carbocycles. The summed E-state index contributed by atoms with van der Waals surface area (Å²) >= 11 is 0. The number of nitrogens with zero attached hydrogens (tertiary/aromatic N) is 3. The number of benzene rings is 1. The zero-order chi connectivity index (χ0) is 17.2. The van der Waals surface area contributed by atoms with Gasteiger partial charge in [-0.25, -0.2) is 0 Å². The summed E-state index contributed by atoms with van der Waals surface area (Å²) in [5, 5.41) is 0. The molecule has 3 aliphatic heterocycles. The summed E-state index contributed by atoms with van der Waals surface area (Å²) < 4.78 is 10.8. The van der Waals surface area contributed by atoms with Crippen molar-refractivity contribution in [2.45, 2.75) is 19.4 Å². The summed E-state index contributed by atoms with van der Waals surface area (Å²) in [5.41, 5.74) is 1.23. The Morgan fingerprint density at radius 1 is 1.12 bits per heavy atom. The molecule has 0 aromatic heterocycles.